The van der Waals surface area contributed by atoms with Gasteiger partial charge >= 0.3 is 0 Å². The van der Waals surface area contributed by atoms with Crippen LogP contribution in [0.3, 0.4) is 0 Å². The molecule has 2 atom stereocenters. The van der Waals surface area contributed by atoms with Crippen molar-refractivity contribution in [2.75, 3.05) is 13.1 Å². The van der Waals surface area contributed by atoms with Gasteiger partial charge in [0.15, 0.2) is 0 Å². The molecule has 0 aliphatic carbocycles. The first-order valence-electron chi connectivity index (χ1n) is 6.42. The van der Waals surface area contributed by atoms with Crippen LogP contribution in [0.2, 0.25) is 0 Å². The van der Waals surface area contributed by atoms with E-state index >= 15 is 0 Å². The number of aliphatic hydroxyl groups is 1. The van der Waals surface area contributed by atoms with Crippen LogP contribution in [0.5, 0.6) is 0 Å². The Morgan fingerprint density at radius 2 is 2.00 bits per heavy atom. The van der Waals surface area contributed by atoms with Crippen molar-refractivity contribution in [1.29, 1.82) is 0 Å². The van der Waals surface area contributed by atoms with E-state index in [9.17, 15) is 5.11 Å². The maximum Gasteiger partial charge on any atom is 0.0695 e. The van der Waals surface area contributed by atoms with Crippen LogP contribution in [0, 0.1) is 5.41 Å². The van der Waals surface area contributed by atoms with E-state index in [-0.39, 0.29) is 6.10 Å². The normalized spacial score (nSPS) is 25.4. The summed E-state index contributed by atoms with van der Waals surface area (Å²) in [5, 5.41) is 10.1. The monoisotopic (exact) mass is 213 g/mol. The molecule has 0 bridgehead atoms. The van der Waals surface area contributed by atoms with Crippen molar-refractivity contribution >= 4 is 0 Å². The predicted octanol–water partition coefficient (Wildman–Crippen LogP) is 2.66. The molecular formula is C13H27NO. The van der Waals surface area contributed by atoms with Crippen LogP contribution in [0.1, 0.15) is 53.4 Å². The molecule has 0 aromatic carbocycles. The third-order valence-corrected chi connectivity index (χ3v) is 3.62. The number of likely N-dealkylation sites (tertiary alicyclic amines) is 1. The quantitative estimate of drug-likeness (QED) is 0.759. The summed E-state index contributed by atoms with van der Waals surface area (Å²) in [7, 11) is 0. The Kier molecular flexibility index (Phi) is 4.60. The van der Waals surface area contributed by atoms with Crippen LogP contribution in [0.4, 0.5) is 0 Å². The zero-order chi connectivity index (χ0) is 11.5. The van der Waals surface area contributed by atoms with Gasteiger partial charge in [0.1, 0.15) is 0 Å². The number of hydrogen-bond donors (Lipinski definition) is 1. The highest BCUT2D eigenvalue weighted by molar-refractivity contribution is 4.88. The van der Waals surface area contributed by atoms with Crippen molar-refractivity contribution in [2.24, 2.45) is 5.41 Å². The van der Waals surface area contributed by atoms with Gasteiger partial charge in [-0.05, 0) is 31.2 Å². The third-order valence-electron chi connectivity index (χ3n) is 3.62. The summed E-state index contributed by atoms with van der Waals surface area (Å²) >= 11 is 0. The Hall–Kier alpha value is -0.0800. The number of rotatable bonds is 5. The molecule has 1 aliphatic heterocycles. The molecule has 0 aromatic heterocycles. The van der Waals surface area contributed by atoms with Crippen molar-refractivity contribution in [1.82, 2.24) is 4.90 Å². The maximum absolute atomic E-state index is 10.1. The fourth-order valence-electron chi connectivity index (χ4n) is 2.70. The van der Waals surface area contributed by atoms with Crippen LogP contribution in [-0.2, 0) is 0 Å². The Morgan fingerprint density at radius 1 is 1.33 bits per heavy atom. The van der Waals surface area contributed by atoms with Crippen LogP contribution >= 0.6 is 0 Å². The molecule has 0 saturated carbocycles. The standard InChI is InChI=1S/C13H27NO/c1-5-7-12(15)11(6-2)14-9-8-13(3,4)10-14/h11-12,15H,5-10H2,1-4H3. The maximum atomic E-state index is 10.1. The lowest BCUT2D eigenvalue weighted by Gasteiger charge is -2.32. The average molecular weight is 213 g/mol. The van der Waals surface area contributed by atoms with E-state index in [1.165, 1.54) is 6.42 Å². The summed E-state index contributed by atoms with van der Waals surface area (Å²) in [5.41, 5.74) is 0.444. The van der Waals surface area contributed by atoms with Gasteiger partial charge in [-0.3, -0.25) is 4.90 Å². The van der Waals surface area contributed by atoms with Crippen molar-refractivity contribution in [2.45, 2.75) is 65.5 Å². The van der Waals surface area contributed by atoms with Gasteiger partial charge in [-0.2, -0.15) is 0 Å². The molecule has 1 N–H and O–H groups in total. The van der Waals surface area contributed by atoms with Crippen LogP contribution < -0.4 is 0 Å². The van der Waals surface area contributed by atoms with Gasteiger partial charge in [0.25, 0.3) is 0 Å². The molecule has 1 aliphatic rings. The lowest BCUT2D eigenvalue weighted by Crippen LogP contribution is -2.42. The van der Waals surface area contributed by atoms with Gasteiger partial charge in [0.05, 0.1) is 6.10 Å². The minimum Gasteiger partial charge on any atom is -0.391 e. The Balaban J connectivity index is 2.52. The molecule has 0 aromatic rings. The average Bonchev–Trinajstić information content (AvgIpc) is 2.48. The molecule has 1 rings (SSSR count). The number of nitrogens with zero attached hydrogens (tertiary/aromatic N) is 1. The van der Waals surface area contributed by atoms with Crippen LogP contribution in [0.25, 0.3) is 0 Å². The SMILES string of the molecule is CCCC(O)C(CC)N1CCC(C)(C)C1. The van der Waals surface area contributed by atoms with Gasteiger partial charge in [0.2, 0.25) is 0 Å². The summed E-state index contributed by atoms with van der Waals surface area (Å²) in [6.45, 7) is 11.3. The number of aliphatic hydroxyl groups excluding tert-OH is 1. The molecule has 1 saturated heterocycles. The third kappa shape index (κ3) is 3.46. The van der Waals surface area contributed by atoms with E-state index in [0.29, 0.717) is 11.5 Å². The van der Waals surface area contributed by atoms with Crippen LogP contribution in [0.15, 0.2) is 0 Å². The highest BCUT2D eigenvalue weighted by Crippen LogP contribution is 2.31. The Labute approximate surface area is 94.7 Å². The summed E-state index contributed by atoms with van der Waals surface area (Å²) in [6, 6.07) is 0.381. The number of hydrogen-bond acceptors (Lipinski definition) is 2. The van der Waals surface area contributed by atoms with Gasteiger partial charge in [-0.15, -0.1) is 0 Å². The van der Waals surface area contributed by atoms with Crippen molar-refractivity contribution in [3.8, 4) is 0 Å². The fraction of sp³-hybridized carbons (Fsp3) is 1.00. The van der Waals surface area contributed by atoms with Crippen LogP contribution in [-0.4, -0.2) is 35.2 Å². The van der Waals surface area contributed by atoms with Gasteiger partial charge in [0, 0.05) is 12.6 Å². The lowest BCUT2D eigenvalue weighted by atomic mass is 9.93. The van der Waals surface area contributed by atoms with Gasteiger partial charge in [-0.25, -0.2) is 0 Å². The summed E-state index contributed by atoms with van der Waals surface area (Å²) in [6.07, 6.45) is 4.22. The predicted molar refractivity (Wildman–Crippen MR) is 65.0 cm³/mol. The Bertz CT molecular complexity index is 191. The zero-order valence-electron chi connectivity index (χ0n) is 10.8. The van der Waals surface area contributed by atoms with E-state index in [1.807, 2.05) is 0 Å². The molecule has 0 amide bonds. The smallest absolute Gasteiger partial charge is 0.0695 e. The topological polar surface area (TPSA) is 23.5 Å². The molecule has 15 heavy (non-hydrogen) atoms. The van der Waals surface area contributed by atoms with Crippen molar-refractivity contribution < 1.29 is 5.11 Å². The van der Waals surface area contributed by atoms with E-state index in [1.54, 1.807) is 0 Å². The first-order chi connectivity index (χ1) is 7.00. The molecule has 2 heteroatoms. The first-order valence-corrected chi connectivity index (χ1v) is 6.42. The minimum absolute atomic E-state index is 0.131. The molecular weight excluding hydrogens is 186 g/mol. The van der Waals surface area contributed by atoms with Crippen molar-refractivity contribution in [3.05, 3.63) is 0 Å². The lowest BCUT2D eigenvalue weighted by molar-refractivity contribution is 0.0485. The fourth-order valence-corrected chi connectivity index (χ4v) is 2.70. The van der Waals surface area contributed by atoms with Crippen molar-refractivity contribution in [3.63, 3.8) is 0 Å². The second-order valence-electron chi connectivity index (χ2n) is 5.72. The van der Waals surface area contributed by atoms with E-state index < -0.39 is 0 Å². The molecule has 0 spiro atoms. The second kappa shape index (κ2) is 5.31. The van der Waals surface area contributed by atoms with Gasteiger partial charge in [-0.1, -0.05) is 34.1 Å². The highest BCUT2D eigenvalue weighted by atomic mass is 16.3. The molecule has 90 valence electrons. The Morgan fingerprint density at radius 3 is 2.40 bits per heavy atom. The van der Waals surface area contributed by atoms with E-state index in [0.717, 1.165) is 32.4 Å². The molecule has 1 heterocycles. The molecule has 0 radical (unpaired) electrons. The second-order valence-corrected chi connectivity index (χ2v) is 5.72. The summed E-state index contributed by atoms with van der Waals surface area (Å²) in [5.74, 6) is 0. The summed E-state index contributed by atoms with van der Waals surface area (Å²) in [4.78, 5) is 2.49. The minimum atomic E-state index is -0.131. The molecule has 2 unspecified atom stereocenters. The molecule has 2 nitrogen and oxygen atoms in total. The highest BCUT2D eigenvalue weighted by Gasteiger charge is 2.34. The summed E-state index contributed by atoms with van der Waals surface area (Å²) < 4.78 is 0. The van der Waals surface area contributed by atoms with Gasteiger partial charge < -0.3 is 5.11 Å². The van der Waals surface area contributed by atoms with E-state index in [4.69, 9.17) is 0 Å². The largest absolute Gasteiger partial charge is 0.391 e. The zero-order valence-corrected chi connectivity index (χ0v) is 10.8. The molecule has 1 fully saturated rings. The van der Waals surface area contributed by atoms with E-state index in [2.05, 4.69) is 32.6 Å². The first kappa shape index (κ1) is 13.0.